The third kappa shape index (κ3) is 6.47. The van der Waals surface area contributed by atoms with Crippen molar-refractivity contribution in [2.45, 2.75) is 66.4 Å². The van der Waals surface area contributed by atoms with Crippen LogP contribution in [0.25, 0.3) is 0 Å². The van der Waals surface area contributed by atoms with Crippen molar-refractivity contribution in [3.05, 3.63) is 35.9 Å². The number of aromatic nitrogens is 1. The molecule has 1 aromatic heterocycles. The predicted octanol–water partition coefficient (Wildman–Crippen LogP) is 5.60. The molecule has 0 amide bonds. The third-order valence-electron chi connectivity index (χ3n) is 5.18. The van der Waals surface area contributed by atoms with E-state index in [4.69, 9.17) is 4.74 Å². The van der Waals surface area contributed by atoms with E-state index < -0.39 is 0 Å². The molecule has 26 heavy (non-hydrogen) atoms. The minimum Gasteiger partial charge on any atom is -0.475 e. The zero-order valence-electron chi connectivity index (χ0n) is 17.0. The number of anilines is 1. The van der Waals surface area contributed by atoms with Crippen LogP contribution in [-0.4, -0.2) is 23.8 Å². The Morgan fingerprint density at radius 1 is 1.23 bits per heavy atom. The monoisotopic (exact) mass is 357 g/mol. The highest BCUT2D eigenvalue weighted by Gasteiger charge is 2.21. The molecule has 2 heterocycles. The van der Waals surface area contributed by atoms with Gasteiger partial charge in [-0.3, -0.25) is 0 Å². The van der Waals surface area contributed by atoms with E-state index in [2.05, 4.69) is 55.3 Å². The van der Waals surface area contributed by atoms with Crippen LogP contribution in [0.15, 0.2) is 35.2 Å². The van der Waals surface area contributed by atoms with E-state index >= 15 is 0 Å². The number of nitrogens with one attached hydrogen (secondary N) is 1. The summed E-state index contributed by atoms with van der Waals surface area (Å²) in [6.07, 6.45) is 8.82. The second kappa shape index (κ2) is 10.3. The standard InChI is InChI=1S/C22H35N3O/c1-6-20(7-2)26-22-12-11-19(15-24-22)17(4)13-16(3)14-23-21-10-8-9-18(5)25-21/h8-10,12,15-17,19-20H,6-7,11,13-14H2,1-5H3,(H,23,25). The number of hydrogen-bond donors (Lipinski definition) is 1. The first kappa shape index (κ1) is 20.5. The van der Waals surface area contributed by atoms with Gasteiger partial charge in [-0.2, -0.15) is 0 Å². The van der Waals surface area contributed by atoms with Gasteiger partial charge in [0.25, 0.3) is 0 Å². The fourth-order valence-electron chi connectivity index (χ4n) is 3.42. The Morgan fingerprint density at radius 2 is 2.00 bits per heavy atom. The zero-order valence-corrected chi connectivity index (χ0v) is 17.0. The maximum atomic E-state index is 5.94. The second-order valence-corrected chi connectivity index (χ2v) is 7.64. The molecule has 3 unspecified atom stereocenters. The molecule has 144 valence electrons. The van der Waals surface area contributed by atoms with Crippen LogP contribution in [0.2, 0.25) is 0 Å². The lowest BCUT2D eigenvalue weighted by atomic mass is 9.84. The normalized spacial score (nSPS) is 19.2. The van der Waals surface area contributed by atoms with Crippen LogP contribution >= 0.6 is 0 Å². The van der Waals surface area contributed by atoms with Gasteiger partial charge in [0.05, 0.1) is 6.10 Å². The Hall–Kier alpha value is -1.84. The van der Waals surface area contributed by atoms with Crippen LogP contribution in [0, 0.1) is 24.7 Å². The van der Waals surface area contributed by atoms with Crippen molar-refractivity contribution >= 4 is 12.0 Å². The molecule has 0 radical (unpaired) electrons. The maximum absolute atomic E-state index is 5.94. The molecular formula is C22H35N3O. The lowest BCUT2D eigenvalue weighted by Crippen LogP contribution is -2.22. The fraction of sp³-hybridized carbons (Fsp3) is 0.636. The molecule has 0 bridgehead atoms. The summed E-state index contributed by atoms with van der Waals surface area (Å²) in [6, 6.07) is 6.10. The van der Waals surface area contributed by atoms with Crippen molar-refractivity contribution in [1.82, 2.24) is 4.98 Å². The summed E-state index contributed by atoms with van der Waals surface area (Å²) in [6.45, 7) is 11.9. The van der Waals surface area contributed by atoms with Crippen LogP contribution in [-0.2, 0) is 4.74 Å². The Kier molecular flexibility index (Phi) is 8.14. The van der Waals surface area contributed by atoms with E-state index in [-0.39, 0.29) is 6.10 Å². The van der Waals surface area contributed by atoms with Crippen LogP contribution in [0.1, 0.15) is 59.1 Å². The average molecular weight is 358 g/mol. The highest BCUT2D eigenvalue weighted by Crippen LogP contribution is 2.26. The minimum atomic E-state index is 0.286. The molecule has 0 aliphatic carbocycles. The Balaban J connectivity index is 1.75. The van der Waals surface area contributed by atoms with Gasteiger partial charge >= 0.3 is 0 Å². The van der Waals surface area contributed by atoms with Gasteiger partial charge < -0.3 is 10.1 Å². The summed E-state index contributed by atoms with van der Waals surface area (Å²) < 4.78 is 5.94. The largest absolute Gasteiger partial charge is 0.475 e. The number of nitrogens with zero attached hydrogens (tertiary/aromatic N) is 2. The molecule has 0 fully saturated rings. The molecule has 1 N–H and O–H groups in total. The smallest absolute Gasteiger partial charge is 0.208 e. The van der Waals surface area contributed by atoms with Gasteiger partial charge in [-0.25, -0.2) is 9.98 Å². The zero-order chi connectivity index (χ0) is 18.9. The highest BCUT2D eigenvalue weighted by atomic mass is 16.5. The molecule has 1 aliphatic heterocycles. The second-order valence-electron chi connectivity index (χ2n) is 7.64. The van der Waals surface area contributed by atoms with Crippen LogP contribution in [0.4, 0.5) is 5.82 Å². The fourth-order valence-corrected chi connectivity index (χ4v) is 3.42. The molecule has 0 saturated carbocycles. The van der Waals surface area contributed by atoms with Crippen LogP contribution in [0.3, 0.4) is 0 Å². The number of ether oxygens (including phenoxy) is 1. The summed E-state index contributed by atoms with van der Waals surface area (Å²) in [5.41, 5.74) is 1.05. The number of allylic oxidation sites excluding steroid dienone is 1. The van der Waals surface area contributed by atoms with Crippen molar-refractivity contribution in [2.24, 2.45) is 22.7 Å². The lowest BCUT2D eigenvalue weighted by molar-refractivity contribution is 0.105. The van der Waals surface area contributed by atoms with Crippen LogP contribution < -0.4 is 5.32 Å². The predicted molar refractivity (Wildman–Crippen MR) is 111 cm³/mol. The molecule has 4 heteroatoms. The quantitative estimate of drug-likeness (QED) is 0.593. The first-order valence-corrected chi connectivity index (χ1v) is 10.1. The van der Waals surface area contributed by atoms with E-state index in [0.717, 1.165) is 43.2 Å². The van der Waals surface area contributed by atoms with Gasteiger partial charge in [0.15, 0.2) is 0 Å². The van der Waals surface area contributed by atoms with E-state index in [1.165, 1.54) is 6.42 Å². The molecule has 0 spiro atoms. The topological polar surface area (TPSA) is 46.5 Å². The third-order valence-corrected chi connectivity index (χ3v) is 5.18. The Morgan fingerprint density at radius 3 is 2.62 bits per heavy atom. The number of aliphatic imine (C=N–C) groups is 1. The van der Waals surface area contributed by atoms with Crippen LogP contribution in [0.5, 0.6) is 0 Å². The number of rotatable bonds is 10. The first-order chi connectivity index (χ1) is 12.5. The molecule has 0 saturated heterocycles. The van der Waals surface area contributed by atoms with Gasteiger partial charge in [0.1, 0.15) is 5.82 Å². The van der Waals surface area contributed by atoms with E-state index in [1.54, 1.807) is 0 Å². The summed E-state index contributed by atoms with van der Waals surface area (Å²) in [5.74, 6) is 3.47. The molecule has 0 aromatic carbocycles. The highest BCUT2D eigenvalue weighted by molar-refractivity contribution is 5.64. The van der Waals surface area contributed by atoms with Gasteiger partial charge in [0.2, 0.25) is 5.88 Å². The molecular weight excluding hydrogens is 322 g/mol. The first-order valence-electron chi connectivity index (χ1n) is 10.1. The summed E-state index contributed by atoms with van der Waals surface area (Å²) in [5, 5.41) is 3.46. The van der Waals surface area contributed by atoms with Crippen molar-refractivity contribution in [3.63, 3.8) is 0 Å². The van der Waals surface area contributed by atoms with Gasteiger partial charge in [-0.15, -0.1) is 0 Å². The lowest BCUT2D eigenvalue weighted by Gasteiger charge is -2.26. The number of pyridine rings is 1. The summed E-state index contributed by atoms with van der Waals surface area (Å²) >= 11 is 0. The van der Waals surface area contributed by atoms with Crippen molar-refractivity contribution in [2.75, 3.05) is 11.9 Å². The van der Waals surface area contributed by atoms with E-state index in [9.17, 15) is 0 Å². The van der Waals surface area contributed by atoms with Gasteiger partial charge in [-0.05, 0) is 62.7 Å². The Bertz CT molecular complexity index is 607. The molecule has 3 atom stereocenters. The molecule has 1 aromatic rings. The molecule has 4 nitrogen and oxygen atoms in total. The van der Waals surface area contributed by atoms with Crippen molar-refractivity contribution in [1.29, 1.82) is 0 Å². The maximum Gasteiger partial charge on any atom is 0.208 e. The molecule has 2 rings (SSSR count). The summed E-state index contributed by atoms with van der Waals surface area (Å²) in [7, 11) is 0. The van der Waals surface area contributed by atoms with E-state index in [1.807, 2.05) is 25.1 Å². The van der Waals surface area contributed by atoms with Crippen molar-refractivity contribution in [3.8, 4) is 0 Å². The average Bonchev–Trinajstić information content (AvgIpc) is 2.65. The van der Waals surface area contributed by atoms with Gasteiger partial charge in [-0.1, -0.05) is 33.8 Å². The number of hydrogen-bond acceptors (Lipinski definition) is 4. The minimum absolute atomic E-state index is 0.286. The summed E-state index contributed by atoms with van der Waals surface area (Å²) in [4.78, 5) is 9.07. The SMILES string of the molecule is CCC(CC)OC1=CCC(C(C)CC(C)CNc2cccc(C)n2)C=N1. The van der Waals surface area contributed by atoms with E-state index in [0.29, 0.717) is 17.8 Å². The Labute approximate surface area is 159 Å². The van der Waals surface area contributed by atoms with Gasteiger partial charge in [0, 0.05) is 24.4 Å². The molecule has 1 aliphatic rings. The number of aryl methyl sites for hydroxylation is 1. The van der Waals surface area contributed by atoms with Crippen molar-refractivity contribution < 1.29 is 4.74 Å².